The van der Waals surface area contributed by atoms with Gasteiger partial charge in [-0.1, -0.05) is 107 Å². The molecule has 2 heterocycles. The van der Waals surface area contributed by atoms with Gasteiger partial charge in [0.1, 0.15) is 6.54 Å². The number of nitrogens with zero attached hydrogens (tertiary/aromatic N) is 2. The summed E-state index contributed by atoms with van der Waals surface area (Å²) in [6.45, 7) is 16.1. The summed E-state index contributed by atoms with van der Waals surface area (Å²) >= 11 is 7.25. The van der Waals surface area contributed by atoms with Crippen molar-refractivity contribution in [2.45, 2.75) is 97.3 Å². The third-order valence-corrected chi connectivity index (χ3v) is 10.9. The van der Waals surface area contributed by atoms with Crippen molar-refractivity contribution in [2.75, 3.05) is 18.0 Å². The smallest absolute Gasteiger partial charge is 0.210 e. The van der Waals surface area contributed by atoms with Crippen molar-refractivity contribution >= 4 is 39.5 Å². The van der Waals surface area contributed by atoms with Gasteiger partial charge in [-0.3, -0.25) is 0 Å². The molecule has 45 heavy (non-hydrogen) atoms. The van der Waals surface area contributed by atoms with Crippen LogP contribution in [0.2, 0.25) is 0 Å². The fourth-order valence-electron chi connectivity index (χ4n) is 7.86. The average molecular weight is 618 g/mol. The quantitative estimate of drug-likeness (QED) is 0.216. The molecule has 0 saturated heterocycles. The summed E-state index contributed by atoms with van der Waals surface area (Å²) in [6, 6.07) is 22.4. The van der Waals surface area contributed by atoms with Gasteiger partial charge in [-0.05, 0) is 85.2 Å². The zero-order valence-electron chi connectivity index (χ0n) is 28.2. The van der Waals surface area contributed by atoms with Crippen molar-refractivity contribution < 1.29 is 4.58 Å². The van der Waals surface area contributed by atoms with Crippen LogP contribution in [0.1, 0.15) is 97.6 Å². The van der Waals surface area contributed by atoms with Crippen LogP contribution in [0, 0.1) is 0 Å². The van der Waals surface area contributed by atoms with E-state index < -0.39 is 0 Å². The van der Waals surface area contributed by atoms with E-state index in [9.17, 15) is 0 Å². The number of rotatable bonds is 9. The molecule has 2 nitrogen and oxygen atoms in total. The van der Waals surface area contributed by atoms with Crippen LogP contribution < -0.4 is 4.90 Å². The minimum Gasteiger partial charge on any atom is -0.344 e. The fourth-order valence-corrected chi connectivity index (χ4v) is 8.17. The van der Waals surface area contributed by atoms with E-state index in [0.717, 1.165) is 37.4 Å². The number of hydrogen-bond acceptors (Lipinski definition) is 1. The second-order valence-corrected chi connectivity index (χ2v) is 14.5. The van der Waals surface area contributed by atoms with Crippen LogP contribution >= 0.6 is 11.6 Å². The van der Waals surface area contributed by atoms with Gasteiger partial charge in [-0.15, -0.1) is 0 Å². The third kappa shape index (κ3) is 5.65. The standard InChI is InChI=1S/C42H50ClN2/c1-7-9-28-44-35-21-14-13-20-34(35)41(3,4)37(44)26-23-31-17-15-18-32(40(31)43)24-27-38-42(5,6)39-33-19-12-11-16-30(33)22-25-36(39)45(38)29-10-8-2/h11-14,16,19-27H,7-10,15,17-18,28-29H2,1-6H3/q+1. The molecular weight excluding hydrogens is 568 g/mol. The Morgan fingerprint density at radius 3 is 2.38 bits per heavy atom. The van der Waals surface area contributed by atoms with Crippen LogP contribution in [-0.4, -0.2) is 23.4 Å². The van der Waals surface area contributed by atoms with Gasteiger partial charge < -0.3 is 4.90 Å². The van der Waals surface area contributed by atoms with Crippen LogP contribution in [0.25, 0.3) is 10.8 Å². The highest BCUT2D eigenvalue weighted by atomic mass is 35.5. The van der Waals surface area contributed by atoms with Gasteiger partial charge in [-0.25, -0.2) is 0 Å². The molecule has 0 atom stereocenters. The van der Waals surface area contributed by atoms with E-state index in [2.05, 4.69) is 136 Å². The van der Waals surface area contributed by atoms with E-state index in [4.69, 9.17) is 11.6 Å². The lowest BCUT2D eigenvalue weighted by atomic mass is 9.79. The molecule has 0 bridgehead atoms. The molecule has 0 saturated carbocycles. The number of para-hydroxylation sites is 1. The first-order valence-electron chi connectivity index (χ1n) is 17.2. The molecule has 0 spiro atoms. The summed E-state index contributed by atoms with van der Waals surface area (Å²) in [5.41, 5.74) is 10.7. The summed E-state index contributed by atoms with van der Waals surface area (Å²) in [4.78, 5) is 2.54. The monoisotopic (exact) mass is 617 g/mol. The Balaban J connectivity index is 1.36. The maximum atomic E-state index is 7.25. The van der Waals surface area contributed by atoms with E-state index in [0.29, 0.717) is 0 Å². The third-order valence-electron chi connectivity index (χ3n) is 10.4. The highest BCUT2D eigenvalue weighted by molar-refractivity contribution is 6.32. The molecule has 1 aliphatic carbocycles. The van der Waals surface area contributed by atoms with Crippen molar-refractivity contribution in [1.29, 1.82) is 0 Å². The van der Waals surface area contributed by atoms with Crippen LogP contribution in [0.3, 0.4) is 0 Å². The number of hydrogen-bond donors (Lipinski definition) is 0. The van der Waals surface area contributed by atoms with Crippen molar-refractivity contribution in [2.24, 2.45) is 0 Å². The Morgan fingerprint density at radius 1 is 0.822 bits per heavy atom. The first-order valence-corrected chi connectivity index (χ1v) is 17.6. The number of allylic oxidation sites excluding steroid dienone is 8. The molecule has 3 aromatic rings. The molecule has 0 N–H and O–H groups in total. The lowest BCUT2D eigenvalue weighted by Crippen LogP contribution is -2.28. The lowest BCUT2D eigenvalue weighted by Gasteiger charge is -2.27. The zero-order chi connectivity index (χ0) is 31.8. The van der Waals surface area contributed by atoms with Gasteiger partial charge >= 0.3 is 0 Å². The van der Waals surface area contributed by atoms with Gasteiger partial charge in [0.15, 0.2) is 5.71 Å². The van der Waals surface area contributed by atoms with Gasteiger partial charge in [0, 0.05) is 52.5 Å². The van der Waals surface area contributed by atoms with Crippen molar-refractivity contribution in [3.05, 3.63) is 118 Å². The fraction of sp³-hybridized carbons (Fsp3) is 0.405. The Morgan fingerprint density at radius 2 is 1.58 bits per heavy atom. The largest absolute Gasteiger partial charge is 0.344 e. The molecule has 3 aromatic carbocycles. The van der Waals surface area contributed by atoms with Gasteiger partial charge in [0.25, 0.3) is 0 Å². The SMILES string of the molecule is CCCCN1C(=CC=C2CCCC(C=CC3=[N+](CCCC)c4ccc5ccccc5c4C3(C)C)=C2Cl)C(C)(C)c2ccccc21. The molecule has 0 amide bonds. The second kappa shape index (κ2) is 12.8. The van der Waals surface area contributed by atoms with Crippen molar-refractivity contribution in [1.82, 2.24) is 0 Å². The van der Waals surface area contributed by atoms with Gasteiger partial charge in [0.05, 0.1) is 5.41 Å². The predicted octanol–water partition coefficient (Wildman–Crippen LogP) is 11.7. The second-order valence-electron chi connectivity index (χ2n) is 14.1. The number of unbranched alkanes of at least 4 members (excludes halogenated alkanes) is 2. The maximum Gasteiger partial charge on any atom is 0.210 e. The highest BCUT2D eigenvalue weighted by Crippen LogP contribution is 2.48. The van der Waals surface area contributed by atoms with Crippen LogP contribution in [0.4, 0.5) is 11.4 Å². The lowest BCUT2D eigenvalue weighted by molar-refractivity contribution is -0.438. The normalized spacial score (nSPS) is 20.7. The number of fused-ring (bicyclic) bond motifs is 4. The van der Waals surface area contributed by atoms with E-state index in [-0.39, 0.29) is 10.8 Å². The topological polar surface area (TPSA) is 6.25 Å². The molecule has 0 unspecified atom stereocenters. The Hall–Kier alpha value is -3.36. The van der Waals surface area contributed by atoms with E-state index >= 15 is 0 Å². The van der Waals surface area contributed by atoms with E-state index in [1.54, 1.807) is 0 Å². The minimum atomic E-state index is -0.101. The number of halogens is 1. The Kier molecular flexibility index (Phi) is 8.99. The predicted molar refractivity (Wildman–Crippen MR) is 195 cm³/mol. The minimum absolute atomic E-state index is 0.0409. The van der Waals surface area contributed by atoms with Crippen LogP contribution in [0.5, 0.6) is 0 Å². The van der Waals surface area contributed by atoms with Crippen LogP contribution in [-0.2, 0) is 10.8 Å². The molecule has 0 radical (unpaired) electrons. The van der Waals surface area contributed by atoms with Crippen molar-refractivity contribution in [3.8, 4) is 0 Å². The number of benzene rings is 3. The molecule has 0 aromatic heterocycles. The summed E-state index contributed by atoms with van der Waals surface area (Å²) in [5, 5.41) is 3.61. The number of anilines is 1. The summed E-state index contributed by atoms with van der Waals surface area (Å²) in [5.74, 6) is 0. The molecule has 3 aliphatic rings. The first-order chi connectivity index (χ1) is 21.7. The first kappa shape index (κ1) is 31.6. The molecule has 3 heteroatoms. The van der Waals surface area contributed by atoms with Crippen molar-refractivity contribution in [3.63, 3.8) is 0 Å². The Labute approximate surface area is 276 Å². The molecule has 0 fully saturated rings. The zero-order valence-corrected chi connectivity index (χ0v) is 29.0. The van der Waals surface area contributed by atoms with Gasteiger partial charge in [0.2, 0.25) is 5.69 Å². The summed E-state index contributed by atoms with van der Waals surface area (Å²) in [7, 11) is 0. The molecular formula is C42H50ClN2+. The van der Waals surface area contributed by atoms with Gasteiger partial charge in [-0.2, -0.15) is 4.58 Å². The molecule has 234 valence electrons. The van der Waals surface area contributed by atoms with Crippen LogP contribution in [0.15, 0.2) is 107 Å². The molecule has 2 aliphatic heterocycles. The Bertz CT molecular complexity index is 1760. The van der Waals surface area contributed by atoms with E-state index in [1.807, 2.05) is 0 Å². The highest BCUT2D eigenvalue weighted by Gasteiger charge is 2.45. The van der Waals surface area contributed by atoms with E-state index in [1.165, 1.54) is 81.5 Å². The summed E-state index contributed by atoms with van der Waals surface area (Å²) < 4.78 is 2.57. The maximum absolute atomic E-state index is 7.25. The average Bonchev–Trinajstić information content (AvgIpc) is 3.39. The molecule has 6 rings (SSSR count). The summed E-state index contributed by atoms with van der Waals surface area (Å²) in [6.07, 6.45) is 17.3.